The van der Waals surface area contributed by atoms with Gasteiger partial charge in [0.1, 0.15) is 6.61 Å². The van der Waals surface area contributed by atoms with Crippen LogP contribution in [0.25, 0.3) is 0 Å². The summed E-state index contributed by atoms with van der Waals surface area (Å²) in [5, 5.41) is 4.99. The SMILES string of the molecule is CCN(CC)CCCNCc1cc(Cl)c(OCc2ccc(Cl)c(Cl)c2)c(OC)c1. The molecule has 7 heteroatoms. The molecule has 0 unspecified atom stereocenters. The van der Waals surface area contributed by atoms with Crippen LogP contribution in [-0.4, -0.2) is 38.2 Å². The van der Waals surface area contributed by atoms with Crippen LogP contribution < -0.4 is 14.8 Å². The van der Waals surface area contributed by atoms with E-state index in [1.54, 1.807) is 19.2 Å². The standard InChI is InChI=1S/C22H29Cl3N2O2/c1-4-27(5-2)10-6-9-26-14-17-12-20(25)22(21(13-17)28-3)29-15-16-7-8-18(23)19(24)11-16/h7-8,11-13,26H,4-6,9-10,14-15H2,1-3H3. The fourth-order valence-corrected chi connectivity index (χ4v) is 3.61. The summed E-state index contributed by atoms with van der Waals surface area (Å²) >= 11 is 18.5. The van der Waals surface area contributed by atoms with Gasteiger partial charge in [0.05, 0.1) is 22.2 Å². The van der Waals surface area contributed by atoms with Crippen molar-refractivity contribution < 1.29 is 9.47 Å². The number of nitrogens with one attached hydrogen (secondary N) is 1. The van der Waals surface area contributed by atoms with E-state index in [0.717, 1.165) is 50.3 Å². The summed E-state index contributed by atoms with van der Waals surface area (Å²) in [4.78, 5) is 2.42. The molecule has 4 nitrogen and oxygen atoms in total. The molecule has 0 spiro atoms. The number of rotatable bonds is 12. The molecule has 2 aromatic carbocycles. The fourth-order valence-electron chi connectivity index (χ4n) is 3.00. The van der Waals surface area contributed by atoms with E-state index < -0.39 is 0 Å². The molecule has 0 atom stereocenters. The van der Waals surface area contributed by atoms with Gasteiger partial charge in [-0.2, -0.15) is 0 Å². The smallest absolute Gasteiger partial charge is 0.180 e. The van der Waals surface area contributed by atoms with Crippen molar-refractivity contribution in [3.63, 3.8) is 0 Å². The van der Waals surface area contributed by atoms with Gasteiger partial charge in [0.15, 0.2) is 11.5 Å². The van der Waals surface area contributed by atoms with E-state index in [2.05, 4.69) is 24.1 Å². The molecule has 1 N–H and O–H groups in total. The fraction of sp³-hybridized carbons (Fsp3) is 0.455. The zero-order chi connectivity index (χ0) is 21.2. The number of benzene rings is 2. The van der Waals surface area contributed by atoms with E-state index >= 15 is 0 Å². The predicted molar refractivity (Wildman–Crippen MR) is 123 cm³/mol. The zero-order valence-electron chi connectivity index (χ0n) is 17.2. The number of ether oxygens (including phenoxy) is 2. The Morgan fingerprint density at radius 2 is 1.66 bits per heavy atom. The summed E-state index contributed by atoms with van der Waals surface area (Å²) < 4.78 is 11.4. The lowest BCUT2D eigenvalue weighted by Crippen LogP contribution is -2.27. The van der Waals surface area contributed by atoms with E-state index in [-0.39, 0.29) is 0 Å². The molecule has 2 rings (SSSR count). The molecule has 160 valence electrons. The van der Waals surface area contributed by atoms with Gasteiger partial charge in [-0.3, -0.25) is 0 Å². The van der Waals surface area contributed by atoms with Crippen LogP contribution in [0, 0.1) is 0 Å². The predicted octanol–water partition coefficient (Wildman–Crippen LogP) is 6.06. The third-order valence-electron chi connectivity index (χ3n) is 4.71. The first-order valence-corrected chi connectivity index (χ1v) is 11.0. The Morgan fingerprint density at radius 3 is 2.31 bits per heavy atom. The summed E-state index contributed by atoms with van der Waals surface area (Å²) in [6, 6.07) is 9.25. The van der Waals surface area contributed by atoms with Crippen molar-refractivity contribution in [2.45, 2.75) is 33.4 Å². The number of halogens is 3. The topological polar surface area (TPSA) is 33.7 Å². The van der Waals surface area contributed by atoms with Crippen molar-refractivity contribution in [3.05, 3.63) is 56.5 Å². The molecule has 0 bridgehead atoms. The molecule has 0 heterocycles. The highest BCUT2D eigenvalue weighted by Gasteiger charge is 2.13. The summed E-state index contributed by atoms with van der Waals surface area (Å²) in [7, 11) is 1.61. The Bertz CT molecular complexity index is 783. The summed E-state index contributed by atoms with van der Waals surface area (Å²) in [6.07, 6.45) is 1.11. The molecule has 0 aliphatic carbocycles. The minimum absolute atomic E-state index is 0.315. The van der Waals surface area contributed by atoms with Crippen LogP contribution in [0.3, 0.4) is 0 Å². The third-order valence-corrected chi connectivity index (χ3v) is 5.73. The van der Waals surface area contributed by atoms with Crippen molar-refractivity contribution in [1.82, 2.24) is 10.2 Å². The van der Waals surface area contributed by atoms with Gasteiger partial charge in [-0.05, 0) is 68.0 Å². The lowest BCUT2D eigenvalue weighted by molar-refractivity contribution is 0.284. The summed E-state index contributed by atoms with van der Waals surface area (Å²) in [5.41, 5.74) is 1.95. The van der Waals surface area contributed by atoms with Gasteiger partial charge in [-0.1, -0.05) is 54.7 Å². The van der Waals surface area contributed by atoms with Crippen molar-refractivity contribution in [2.24, 2.45) is 0 Å². The Morgan fingerprint density at radius 1 is 0.931 bits per heavy atom. The van der Waals surface area contributed by atoms with Crippen molar-refractivity contribution >= 4 is 34.8 Å². The Labute approximate surface area is 189 Å². The lowest BCUT2D eigenvalue weighted by atomic mass is 10.2. The monoisotopic (exact) mass is 458 g/mol. The van der Waals surface area contributed by atoms with E-state index in [0.29, 0.717) is 33.2 Å². The molecule has 0 radical (unpaired) electrons. The molecule has 0 saturated carbocycles. The van der Waals surface area contributed by atoms with Gasteiger partial charge in [0.2, 0.25) is 0 Å². The van der Waals surface area contributed by atoms with E-state index in [1.807, 2.05) is 18.2 Å². The van der Waals surface area contributed by atoms with Gasteiger partial charge in [-0.25, -0.2) is 0 Å². The molecular formula is C22H29Cl3N2O2. The van der Waals surface area contributed by atoms with Gasteiger partial charge >= 0.3 is 0 Å². The lowest BCUT2D eigenvalue weighted by Gasteiger charge is -2.18. The highest BCUT2D eigenvalue weighted by molar-refractivity contribution is 6.42. The minimum atomic E-state index is 0.315. The third kappa shape index (κ3) is 7.54. The second-order valence-electron chi connectivity index (χ2n) is 6.70. The Hall–Kier alpha value is -1.17. The number of methoxy groups -OCH3 is 1. The minimum Gasteiger partial charge on any atom is -0.493 e. The maximum Gasteiger partial charge on any atom is 0.180 e. The molecule has 0 aliphatic heterocycles. The van der Waals surface area contributed by atoms with Gasteiger partial charge in [0.25, 0.3) is 0 Å². The molecule has 0 aliphatic rings. The Kier molecular flexibility index (Phi) is 10.4. The second kappa shape index (κ2) is 12.5. The quantitative estimate of drug-likeness (QED) is 0.391. The average Bonchev–Trinajstić information content (AvgIpc) is 2.72. The van der Waals surface area contributed by atoms with Crippen molar-refractivity contribution in [2.75, 3.05) is 33.3 Å². The first-order chi connectivity index (χ1) is 14.0. The molecular weight excluding hydrogens is 431 g/mol. The molecule has 0 amide bonds. The maximum absolute atomic E-state index is 6.47. The number of nitrogens with zero attached hydrogens (tertiary/aromatic N) is 1. The summed E-state index contributed by atoms with van der Waals surface area (Å²) in [6.45, 7) is 9.65. The van der Waals surface area contributed by atoms with Crippen LogP contribution in [0.2, 0.25) is 15.1 Å². The van der Waals surface area contributed by atoms with E-state index in [1.165, 1.54) is 0 Å². The normalized spacial score (nSPS) is 11.1. The number of hydrogen-bond donors (Lipinski definition) is 1. The van der Waals surface area contributed by atoms with E-state index in [4.69, 9.17) is 44.3 Å². The molecule has 0 saturated heterocycles. The average molecular weight is 460 g/mol. The molecule has 2 aromatic rings. The van der Waals surface area contributed by atoms with Crippen LogP contribution in [0.15, 0.2) is 30.3 Å². The number of hydrogen-bond acceptors (Lipinski definition) is 4. The second-order valence-corrected chi connectivity index (χ2v) is 7.92. The molecule has 29 heavy (non-hydrogen) atoms. The Balaban J connectivity index is 1.93. The van der Waals surface area contributed by atoms with Crippen LogP contribution in [0.5, 0.6) is 11.5 Å². The van der Waals surface area contributed by atoms with Gasteiger partial charge < -0.3 is 19.7 Å². The van der Waals surface area contributed by atoms with Crippen LogP contribution >= 0.6 is 34.8 Å². The van der Waals surface area contributed by atoms with Gasteiger partial charge in [0, 0.05) is 6.54 Å². The van der Waals surface area contributed by atoms with Crippen molar-refractivity contribution in [1.29, 1.82) is 0 Å². The molecule has 0 aromatic heterocycles. The van der Waals surface area contributed by atoms with Crippen molar-refractivity contribution in [3.8, 4) is 11.5 Å². The first-order valence-electron chi connectivity index (χ1n) is 9.84. The van der Waals surface area contributed by atoms with Gasteiger partial charge in [-0.15, -0.1) is 0 Å². The van der Waals surface area contributed by atoms with Crippen LogP contribution in [-0.2, 0) is 13.2 Å². The maximum atomic E-state index is 6.47. The first kappa shape index (κ1) is 24.1. The van der Waals surface area contributed by atoms with E-state index in [9.17, 15) is 0 Å². The molecule has 0 fully saturated rings. The van der Waals surface area contributed by atoms with Crippen LogP contribution in [0.4, 0.5) is 0 Å². The highest BCUT2D eigenvalue weighted by Crippen LogP contribution is 2.37. The zero-order valence-corrected chi connectivity index (χ0v) is 19.5. The summed E-state index contributed by atoms with van der Waals surface area (Å²) in [5.74, 6) is 1.13. The largest absolute Gasteiger partial charge is 0.493 e. The highest BCUT2D eigenvalue weighted by atomic mass is 35.5. The van der Waals surface area contributed by atoms with Crippen LogP contribution in [0.1, 0.15) is 31.4 Å².